The Morgan fingerprint density at radius 1 is 0.912 bits per heavy atom. The number of ether oxygens (including phenoxy) is 2. The van der Waals surface area contributed by atoms with Crippen molar-refractivity contribution >= 4 is 22.4 Å². The molecular formula is C22H36N6O4Si2. The lowest BCUT2D eigenvalue weighted by molar-refractivity contribution is 0.0772. The van der Waals surface area contributed by atoms with Gasteiger partial charge in [0, 0.05) is 35.4 Å². The van der Waals surface area contributed by atoms with Crippen LogP contribution >= 0.6 is 0 Å². The summed E-state index contributed by atoms with van der Waals surface area (Å²) >= 11 is 0. The van der Waals surface area contributed by atoms with E-state index in [9.17, 15) is 4.79 Å². The molecular weight excluding hydrogens is 468 g/mol. The maximum atomic E-state index is 10.5. The quantitative estimate of drug-likeness (QED) is 0.263. The van der Waals surface area contributed by atoms with Crippen molar-refractivity contribution in [2.75, 3.05) is 13.2 Å². The number of aromatic nitrogens is 4. The third-order valence-electron chi connectivity index (χ3n) is 4.56. The summed E-state index contributed by atoms with van der Waals surface area (Å²) in [5.41, 5.74) is 1.52. The van der Waals surface area contributed by atoms with Crippen LogP contribution in [0.3, 0.4) is 0 Å². The summed E-state index contributed by atoms with van der Waals surface area (Å²) in [5.74, 6) is 0. The van der Waals surface area contributed by atoms with Crippen LogP contribution in [0.25, 0.3) is 0 Å². The number of aliphatic hydroxyl groups excluding tert-OH is 1. The third-order valence-corrected chi connectivity index (χ3v) is 7.97. The number of nitrogens with zero attached hydrogens (tertiary/aromatic N) is 6. The minimum absolute atomic E-state index is 0.156. The van der Waals surface area contributed by atoms with Gasteiger partial charge in [0.2, 0.25) is 0 Å². The van der Waals surface area contributed by atoms with Gasteiger partial charge in [0.05, 0.1) is 12.3 Å². The first kappa shape index (κ1) is 29.4. The minimum Gasteiger partial charge on any atom is -0.390 e. The Kier molecular flexibility index (Phi) is 12.1. The standard InChI is InChI=1S/C11H19N3O2Si.C11H17N3O2Si/c2*1-17(2,3)5-4-16-9-14-11(7-12)6-10(8-15)13-14/h6,15H,4-5,8-9H2,1-3H3;6,8H,4-5,9H2,1-3H3. The molecule has 0 bridgehead atoms. The van der Waals surface area contributed by atoms with E-state index in [0.717, 1.165) is 12.1 Å². The summed E-state index contributed by atoms with van der Waals surface area (Å²) in [5, 5.41) is 34.6. The monoisotopic (exact) mass is 504 g/mol. The second-order valence-corrected chi connectivity index (χ2v) is 21.4. The van der Waals surface area contributed by atoms with Crippen molar-refractivity contribution in [2.45, 2.75) is 71.4 Å². The highest BCUT2D eigenvalue weighted by molar-refractivity contribution is 6.76. The molecule has 0 aliphatic rings. The van der Waals surface area contributed by atoms with Gasteiger partial charge in [-0.3, -0.25) is 4.79 Å². The fourth-order valence-electron chi connectivity index (χ4n) is 2.48. The zero-order valence-electron chi connectivity index (χ0n) is 21.0. The predicted octanol–water partition coefficient (Wildman–Crippen LogP) is 3.44. The third kappa shape index (κ3) is 11.5. The average molecular weight is 505 g/mol. The molecule has 10 nitrogen and oxygen atoms in total. The SMILES string of the molecule is C[Si](C)(C)CCOCn1nc(C=O)cc1C#N.C[Si](C)(C)CCOCn1nc(CO)cc1C#N. The van der Waals surface area contributed by atoms with Gasteiger partial charge in [-0.15, -0.1) is 0 Å². The van der Waals surface area contributed by atoms with E-state index in [4.69, 9.17) is 25.1 Å². The fraction of sp³-hybridized carbons (Fsp3) is 0.591. The van der Waals surface area contributed by atoms with E-state index in [1.54, 1.807) is 6.07 Å². The highest BCUT2D eigenvalue weighted by atomic mass is 28.3. The summed E-state index contributed by atoms with van der Waals surface area (Å²) in [7, 11) is -2.17. The number of carbonyl (C=O) groups is 1. The molecule has 0 saturated heterocycles. The molecule has 2 rings (SSSR count). The van der Waals surface area contributed by atoms with E-state index < -0.39 is 16.1 Å². The number of aldehydes is 1. The van der Waals surface area contributed by atoms with E-state index in [-0.39, 0.29) is 25.8 Å². The van der Waals surface area contributed by atoms with Crippen molar-refractivity contribution in [3.05, 3.63) is 34.9 Å². The minimum atomic E-state index is -1.09. The highest BCUT2D eigenvalue weighted by Gasteiger charge is 2.14. The average Bonchev–Trinajstić information content (AvgIpc) is 3.36. The molecule has 0 fully saturated rings. The molecule has 2 aromatic rings. The molecule has 0 atom stereocenters. The van der Waals surface area contributed by atoms with Gasteiger partial charge in [0.25, 0.3) is 0 Å². The van der Waals surface area contributed by atoms with Gasteiger partial charge in [-0.1, -0.05) is 39.3 Å². The first-order valence-corrected chi connectivity index (χ1v) is 18.5. The van der Waals surface area contributed by atoms with Gasteiger partial charge in [0.15, 0.2) is 6.29 Å². The number of carbonyl (C=O) groups excluding carboxylic acids is 1. The van der Waals surface area contributed by atoms with Gasteiger partial charge >= 0.3 is 0 Å². The zero-order chi connectivity index (χ0) is 25.8. The molecule has 1 N–H and O–H groups in total. The molecule has 2 aromatic heterocycles. The molecule has 2 heterocycles. The number of hydrogen-bond acceptors (Lipinski definition) is 8. The Morgan fingerprint density at radius 3 is 1.79 bits per heavy atom. The van der Waals surface area contributed by atoms with Crippen molar-refractivity contribution in [1.82, 2.24) is 19.6 Å². The smallest absolute Gasteiger partial charge is 0.170 e. The lowest BCUT2D eigenvalue weighted by Gasteiger charge is -2.15. The zero-order valence-corrected chi connectivity index (χ0v) is 23.0. The second-order valence-electron chi connectivity index (χ2n) is 10.2. The highest BCUT2D eigenvalue weighted by Crippen LogP contribution is 2.10. The van der Waals surface area contributed by atoms with Crippen LogP contribution in [-0.4, -0.2) is 60.3 Å². The molecule has 0 aromatic carbocycles. The Hall–Kier alpha value is -2.62. The first-order chi connectivity index (χ1) is 15.9. The number of hydrogen-bond donors (Lipinski definition) is 1. The molecule has 186 valence electrons. The molecule has 0 radical (unpaired) electrons. The van der Waals surface area contributed by atoms with Crippen molar-refractivity contribution in [3.8, 4) is 12.1 Å². The number of aliphatic hydroxyl groups is 1. The summed E-state index contributed by atoms with van der Waals surface area (Å²) in [6, 6.07) is 9.18. The van der Waals surface area contributed by atoms with Gasteiger partial charge < -0.3 is 14.6 Å². The van der Waals surface area contributed by atoms with Crippen molar-refractivity contribution < 1.29 is 19.4 Å². The van der Waals surface area contributed by atoms with Gasteiger partial charge in [-0.25, -0.2) is 9.36 Å². The maximum Gasteiger partial charge on any atom is 0.170 e. The summed E-state index contributed by atoms with van der Waals surface area (Å²) < 4.78 is 13.9. The van der Waals surface area contributed by atoms with Crippen molar-refractivity contribution in [3.63, 3.8) is 0 Å². The van der Waals surface area contributed by atoms with E-state index in [0.29, 0.717) is 36.6 Å². The molecule has 0 saturated carbocycles. The molecule has 0 aliphatic carbocycles. The van der Waals surface area contributed by atoms with E-state index in [2.05, 4.69) is 49.5 Å². The lowest BCUT2D eigenvalue weighted by atomic mass is 10.4. The Labute approximate surface area is 203 Å². The molecule has 34 heavy (non-hydrogen) atoms. The lowest BCUT2D eigenvalue weighted by Crippen LogP contribution is -2.22. The van der Waals surface area contributed by atoms with Crippen molar-refractivity contribution in [1.29, 1.82) is 10.5 Å². The second kappa shape index (κ2) is 13.9. The van der Waals surface area contributed by atoms with Crippen LogP contribution < -0.4 is 0 Å². The normalized spacial score (nSPS) is 11.3. The Bertz CT molecular complexity index is 993. The molecule has 12 heteroatoms. The fourth-order valence-corrected chi connectivity index (χ4v) is 3.99. The molecule has 0 spiro atoms. The molecule has 0 unspecified atom stereocenters. The van der Waals surface area contributed by atoms with Gasteiger partial charge in [0.1, 0.15) is 42.7 Å². The summed E-state index contributed by atoms with van der Waals surface area (Å²) in [4.78, 5) is 10.5. The van der Waals surface area contributed by atoms with E-state index in [1.807, 2.05) is 12.1 Å². The van der Waals surface area contributed by atoms with Gasteiger partial charge in [-0.2, -0.15) is 20.7 Å². The van der Waals surface area contributed by atoms with Crippen LogP contribution in [0.5, 0.6) is 0 Å². The predicted molar refractivity (Wildman–Crippen MR) is 133 cm³/mol. The van der Waals surface area contributed by atoms with Crippen LogP contribution in [0.2, 0.25) is 51.4 Å². The van der Waals surface area contributed by atoms with Gasteiger partial charge in [-0.05, 0) is 18.2 Å². The Morgan fingerprint density at radius 2 is 1.38 bits per heavy atom. The topological polar surface area (TPSA) is 139 Å². The number of nitriles is 2. The number of rotatable bonds is 12. The van der Waals surface area contributed by atoms with Crippen LogP contribution in [0.4, 0.5) is 0 Å². The van der Waals surface area contributed by atoms with E-state index >= 15 is 0 Å². The van der Waals surface area contributed by atoms with Crippen LogP contribution in [0.15, 0.2) is 12.1 Å². The largest absolute Gasteiger partial charge is 0.390 e. The van der Waals surface area contributed by atoms with Crippen molar-refractivity contribution in [2.24, 2.45) is 0 Å². The van der Waals surface area contributed by atoms with Crippen LogP contribution in [0, 0.1) is 22.7 Å². The van der Waals surface area contributed by atoms with Crippen LogP contribution in [0.1, 0.15) is 27.6 Å². The summed E-state index contributed by atoms with van der Waals surface area (Å²) in [6.07, 6.45) is 0.624. The molecule has 0 amide bonds. The van der Waals surface area contributed by atoms with Crippen LogP contribution in [-0.2, 0) is 29.5 Å². The molecule has 0 aliphatic heterocycles. The first-order valence-electron chi connectivity index (χ1n) is 11.1. The maximum absolute atomic E-state index is 10.5. The van der Waals surface area contributed by atoms with E-state index in [1.165, 1.54) is 15.4 Å². The summed E-state index contributed by atoms with van der Waals surface area (Å²) in [6.45, 7) is 15.4. The Balaban J connectivity index is 0.000000340.